The zero-order chi connectivity index (χ0) is 18.8. The number of aromatic nitrogens is 1. The van der Waals surface area contributed by atoms with Gasteiger partial charge < -0.3 is 9.84 Å². The first kappa shape index (κ1) is 18.0. The summed E-state index contributed by atoms with van der Waals surface area (Å²) in [6.45, 7) is 3.46. The maximum atomic E-state index is 12.8. The van der Waals surface area contributed by atoms with Crippen LogP contribution >= 0.6 is 23.2 Å². The SMILES string of the molecule is Cc1ccc(NC(=O)c2c(-c3c(Cl)cccc3Cl)noc2C)cc1C#N. The second-order valence-electron chi connectivity index (χ2n) is 5.65. The Kier molecular flexibility index (Phi) is 4.99. The molecule has 7 heteroatoms. The molecule has 1 aromatic heterocycles. The number of anilines is 1. The molecule has 1 amide bonds. The number of aryl methyl sites for hydroxylation is 2. The number of amides is 1. The first-order chi connectivity index (χ1) is 12.4. The predicted octanol–water partition coefficient (Wildman–Crippen LogP) is 5.39. The van der Waals surface area contributed by atoms with Crippen LogP contribution < -0.4 is 5.32 Å². The van der Waals surface area contributed by atoms with Crippen LogP contribution in [0.2, 0.25) is 10.0 Å². The molecule has 3 rings (SSSR count). The number of nitrogens with one attached hydrogen (secondary N) is 1. The predicted molar refractivity (Wildman–Crippen MR) is 101 cm³/mol. The molecular weight excluding hydrogens is 373 g/mol. The molecule has 3 aromatic rings. The van der Waals surface area contributed by atoms with Gasteiger partial charge in [-0.2, -0.15) is 5.26 Å². The van der Waals surface area contributed by atoms with E-state index in [9.17, 15) is 4.79 Å². The van der Waals surface area contributed by atoms with Crippen LogP contribution in [-0.2, 0) is 0 Å². The molecule has 0 saturated heterocycles. The van der Waals surface area contributed by atoms with Gasteiger partial charge in [-0.15, -0.1) is 0 Å². The molecule has 0 aliphatic rings. The molecule has 0 aliphatic heterocycles. The lowest BCUT2D eigenvalue weighted by molar-refractivity contribution is 0.102. The monoisotopic (exact) mass is 385 g/mol. The molecule has 0 aliphatic carbocycles. The molecule has 1 heterocycles. The third-order valence-electron chi connectivity index (χ3n) is 3.91. The molecule has 26 heavy (non-hydrogen) atoms. The number of carbonyl (C=O) groups excluding carboxylic acids is 1. The topological polar surface area (TPSA) is 78.9 Å². The van der Waals surface area contributed by atoms with E-state index < -0.39 is 5.91 Å². The normalized spacial score (nSPS) is 10.4. The number of nitrogens with zero attached hydrogens (tertiary/aromatic N) is 2. The summed E-state index contributed by atoms with van der Waals surface area (Å²) in [6, 6.07) is 12.2. The zero-order valence-electron chi connectivity index (χ0n) is 13.9. The summed E-state index contributed by atoms with van der Waals surface area (Å²) in [5, 5.41) is 16.6. The first-order valence-corrected chi connectivity index (χ1v) is 8.40. The van der Waals surface area contributed by atoms with Crippen molar-refractivity contribution in [1.29, 1.82) is 5.26 Å². The minimum atomic E-state index is -0.428. The highest BCUT2D eigenvalue weighted by atomic mass is 35.5. The molecule has 0 spiro atoms. The largest absolute Gasteiger partial charge is 0.360 e. The molecule has 2 aromatic carbocycles. The highest BCUT2D eigenvalue weighted by Crippen LogP contribution is 2.37. The molecular formula is C19H13Cl2N3O2. The first-order valence-electron chi connectivity index (χ1n) is 7.65. The van der Waals surface area contributed by atoms with Gasteiger partial charge in [0.15, 0.2) is 0 Å². The second kappa shape index (κ2) is 7.20. The van der Waals surface area contributed by atoms with Gasteiger partial charge in [0, 0.05) is 11.3 Å². The van der Waals surface area contributed by atoms with Gasteiger partial charge in [0.05, 0.1) is 21.7 Å². The van der Waals surface area contributed by atoms with Crippen molar-refractivity contribution in [2.75, 3.05) is 5.32 Å². The van der Waals surface area contributed by atoms with Crippen LogP contribution in [0.3, 0.4) is 0 Å². The Bertz CT molecular complexity index is 1030. The minimum Gasteiger partial charge on any atom is -0.360 e. The van der Waals surface area contributed by atoms with Gasteiger partial charge in [-0.1, -0.05) is 40.5 Å². The third kappa shape index (κ3) is 3.30. The van der Waals surface area contributed by atoms with E-state index in [-0.39, 0.29) is 11.3 Å². The Morgan fingerprint density at radius 1 is 1.19 bits per heavy atom. The standard InChI is InChI=1S/C19H13Cl2N3O2/c1-10-6-7-13(8-12(10)9-22)23-19(25)16-11(2)26-24-18(16)17-14(20)4-3-5-15(17)21/h3-8H,1-2H3,(H,23,25). The van der Waals surface area contributed by atoms with Crippen molar-refractivity contribution in [3.63, 3.8) is 0 Å². The van der Waals surface area contributed by atoms with E-state index in [2.05, 4.69) is 16.5 Å². The van der Waals surface area contributed by atoms with Crippen molar-refractivity contribution in [3.05, 3.63) is 68.9 Å². The van der Waals surface area contributed by atoms with Crippen LogP contribution in [0.4, 0.5) is 5.69 Å². The molecule has 1 N–H and O–H groups in total. The lowest BCUT2D eigenvalue weighted by Crippen LogP contribution is -2.13. The second-order valence-corrected chi connectivity index (χ2v) is 6.47. The van der Waals surface area contributed by atoms with E-state index in [0.717, 1.165) is 5.56 Å². The van der Waals surface area contributed by atoms with E-state index in [1.807, 2.05) is 6.92 Å². The maximum Gasteiger partial charge on any atom is 0.261 e. The van der Waals surface area contributed by atoms with Crippen molar-refractivity contribution in [3.8, 4) is 17.3 Å². The van der Waals surface area contributed by atoms with Gasteiger partial charge in [0.25, 0.3) is 5.91 Å². The number of nitriles is 1. The Balaban J connectivity index is 2.02. The zero-order valence-corrected chi connectivity index (χ0v) is 15.4. The van der Waals surface area contributed by atoms with Crippen LogP contribution in [0.1, 0.15) is 27.2 Å². The molecule has 0 fully saturated rings. The smallest absolute Gasteiger partial charge is 0.261 e. The Morgan fingerprint density at radius 3 is 2.54 bits per heavy atom. The van der Waals surface area contributed by atoms with E-state index >= 15 is 0 Å². The highest BCUT2D eigenvalue weighted by Gasteiger charge is 2.25. The Morgan fingerprint density at radius 2 is 1.88 bits per heavy atom. The van der Waals surface area contributed by atoms with Gasteiger partial charge in [-0.3, -0.25) is 4.79 Å². The molecule has 0 atom stereocenters. The highest BCUT2D eigenvalue weighted by molar-refractivity contribution is 6.39. The average molecular weight is 386 g/mol. The molecule has 0 radical (unpaired) electrons. The van der Waals surface area contributed by atoms with Crippen LogP contribution in [0.15, 0.2) is 40.9 Å². The summed E-state index contributed by atoms with van der Waals surface area (Å²) in [7, 11) is 0. The fourth-order valence-electron chi connectivity index (χ4n) is 2.55. The van der Waals surface area contributed by atoms with E-state index in [1.54, 1.807) is 43.3 Å². The van der Waals surface area contributed by atoms with Gasteiger partial charge in [0.1, 0.15) is 17.0 Å². The lowest BCUT2D eigenvalue weighted by atomic mass is 10.0. The molecule has 0 bridgehead atoms. The summed E-state index contributed by atoms with van der Waals surface area (Å²) >= 11 is 12.5. The van der Waals surface area contributed by atoms with E-state index in [1.165, 1.54) is 0 Å². The van der Waals surface area contributed by atoms with Gasteiger partial charge in [-0.25, -0.2) is 0 Å². The Labute approximate surface area is 160 Å². The van der Waals surface area contributed by atoms with Crippen molar-refractivity contribution >= 4 is 34.8 Å². The van der Waals surface area contributed by atoms with Crippen LogP contribution in [0.5, 0.6) is 0 Å². The summed E-state index contributed by atoms with van der Waals surface area (Å²) in [4.78, 5) is 12.8. The number of carbonyl (C=O) groups is 1. The summed E-state index contributed by atoms with van der Waals surface area (Å²) < 4.78 is 5.20. The van der Waals surface area contributed by atoms with Gasteiger partial charge in [-0.05, 0) is 43.7 Å². The van der Waals surface area contributed by atoms with Crippen molar-refractivity contribution in [1.82, 2.24) is 5.16 Å². The van der Waals surface area contributed by atoms with Gasteiger partial charge >= 0.3 is 0 Å². The number of hydrogen-bond donors (Lipinski definition) is 1. The summed E-state index contributed by atoms with van der Waals surface area (Å²) in [6.07, 6.45) is 0. The lowest BCUT2D eigenvalue weighted by Gasteiger charge is -2.09. The summed E-state index contributed by atoms with van der Waals surface area (Å²) in [5.74, 6) is -0.0939. The summed E-state index contributed by atoms with van der Waals surface area (Å²) in [5.41, 5.74) is 2.74. The molecule has 5 nitrogen and oxygen atoms in total. The van der Waals surface area contributed by atoms with Crippen LogP contribution in [-0.4, -0.2) is 11.1 Å². The van der Waals surface area contributed by atoms with Crippen molar-refractivity contribution in [2.45, 2.75) is 13.8 Å². The molecule has 130 valence electrons. The quantitative estimate of drug-likeness (QED) is 0.655. The number of hydrogen-bond acceptors (Lipinski definition) is 4. The van der Waals surface area contributed by atoms with Crippen molar-refractivity contribution in [2.24, 2.45) is 0 Å². The molecule has 0 unspecified atom stereocenters. The minimum absolute atomic E-state index is 0.235. The van der Waals surface area contributed by atoms with E-state index in [4.69, 9.17) is 33.0 Å². The number of benzene rings is 2. The molecule has 0 saturated carbocycles. The van der Waals surface area contributed by atoms with Crippen LogP contribution in [0.25, 0.3) is 11.3 Å². The average Bonchev–Trinajstić information content (AvgIpc) is 2.98. The van der Waals surface area contributed by atoms with Crippen LogP contribution in [0, 0.1) is 25.2 Å². The fourth-order valence-corrected chi connectivity index (χ4v) is 3.12. The number of halogens is 2. The van der Waals surface area contributed by atoms with Crippen molar-refractivity contribution < 1.29 is 9.32 Å². The Hall–Kier alpha value is -2.81. The third-order valence-corrected chi connectivity index (χ3v) is 4.54. The maximum absolute atomic E-state index is 12.8. The van der Waals surface area contributed by atoms with E-state index in [0.29, 0.717) is 32.6 Å². The van der Waals surface area contributed by atoms with Gasteiger partial charge in [0.2, 0.25) is 0 Å². The fraction of sp³-hybridized carbons (Fsp3) is 0.105. The number of rotatable bonds is 3.